The number of pyridine rings is 1. The summed E-state index contributed by atoms with van der Waals surface area (Å²) < 4.78 is 7.23. The molecule has 0 saturated heterocycles. The van der Waals surface area contributed by atoms with Gasteiger partial charge in [-0.25, -0.2) is 0 Å². The molecule has 0 saturated carbocycles. The molecule has 0 bridgehead atoms. The molecule has 0 amide bonds. The molecule has 0 aliphatic rings. The molecule has 3 heterocycles. The van der Waals surface area contributed by atoms with Crippen LogP contribution < -0.4 is 0 Å². The first kappa shape index (κ1) is 13.9. The highest BCUT2D eigenvalue weighted by Gasteiger charge is 2.11. The molecular weight excluding hydrogens is 314 g/mol. The molecule has 0 unspecified atom stereocenters. The Morgan fingerprint density at radius 3 is 2.96 bits per heavy atom. The van der Waals surface area contributed by atoms with Crippen molar-refractivity contribution in [2.45, 2.75) is 13.3 Å². The second-order valence-electron chi connectivity index (χ2n) is 5.21. The maximum absolute atomic E-state index is 5.99. The summed E-state index contributed by atoms with van der Waals surface area (Å²) in [6.07, 6.45) is 2.44. The molecule has 0 fully saturated rings. The first-order valence-corrected chi connectivity index (χ1v) is 7.45. The lowest BCUT2D eigenvalue weighted by molar-refractivity contribution is 0.385. The fraction of sp³-hybridized carbons (Fsp3) is 0.125. The van der Waals surface area contributed by atoms with Crippen LogP contribution in [0.2, 0.25) is 5.02 Å². The molecule has 0 atom stereocenters. The van der Waals surface area contributed by atoms with Crippen molar-refractivity contribution in [2.24, 2.45) is 0 Å². The SMILES string of the molecule is Cc1nnc2ccc(-c3noc(Cc4cccc(Cl)c4)n3)cn12. The molecule has 23 heavy (non-hydrogen) atoms. The van der Waals surface area contributed by atoms with E-state index in [9.17, 15) is 0 Å². The zero-order chi connectivity index (χ0) is 15.8. The highest BCUT2D eigenvalue weighted by atomic mass is 35.5. The average Bonchev–Trinajstić information content (AvgIpc) is 3.15. The van der Waals surface area contributed by atoms with Gasteiger partial charge in [-0.15, -0.1) is 10.2 Å². The zero-order valence-corrected chi connectivity index (χ0v) is 13.0. The van der Waals surface area contributed by atoms with Crippen LogP contribution in [-0.4, -0.2) is 24.7 Å². The lowest BCUT2D eigenvalue weighted by Crippen LogP contribution is -1.91. The molecule has 3 aromatic heterocycles. The quantitative estimate of drug-likeness (QED) is 0.578. The maximum Gasteiger partial charge on any atom is 0.231 e. The molecule has 0 aliphatic carbocycles. The molecule has 7 heteroatoms. The highest BCUT2D eigenvalue weighted by Crippen LogP contribution is 2.19. The van der Waals surface area contributed by atoms with Crippen LogP contribution in [0.25, 0.3) is 17.0 Å². The second kappa shape index (κ2) is 5.48. The number of hydrogen-bond donors (Lipinski definition) is 0. The fourth-order valence-corrected chi connectivity index (χ4v) is 2.62. The van der Waals surface area contributed by atoms with Gasteiger partial charge in [0, 0.05) is 16.8 Å². The van der Waals surface area contributed by atoms with E-state index in [2.05, 4.69) is 20.3 Å². The smallest absolute Gasteiger partial charge is 0.231 e. The number of aromatic nitrogens is 5. The van der Waals surface area contributed by atoms with Crippen LogP contribution in [0.15, 0.2) is 47.1 Å². The van der Waals surface area contributed by atoms with Crippen molar-refractivity contribution in [1.82, 2.24) is 24.7 Å². The monoisotopic (exact) mass is 325 g/mol. The van der Waals surface area contributed by atoms with Crippen LogP contribution in [0.4, 0.5) is 0 Å². The number of hydrogen-bond acceptors (Lipinski definition) is 5. The lowest BCUT2D eigenvalue weighted by atomic mass is 10.1. The third-order valence-corrected chi connectivity index (χ3v) is 3.78. The Morgan fingerprint density at radius 2 is 2.09 bits per heavy atom. The molecule has 1 aromatic carbocycles. The lowest BCUT2D eigenvalue weighted by Gasteiger charge is -1.98. The summed E-state index contributed by atoms with van der Waals surface area (Å²) in [5.41, 5.74) is 2.66. The van der Waals surface area contributed by atoms with Crippen molar-refractivity contribution < 1.29 is 4.52 Å². The predicted octanol–water partition coefficient (Wildman–Crippen LogP) is 3.33. The van der Waals surface area contributed by atoms with Crippen LogP contribution in [0.1, 0.15) is 17.3 Å². The Labute approximate surface area is 136 Å². The van der Waals surface area contributed by atoms with Crippen LogP contribution >= 0.6 is 11.6 Å². The Morgan fingerprint density at radius 1 is 1.17 bits per heavy atom. The minimum Gasteiger partial charge on any atom is -0.339 e. The largest absolute Gasteiger partial charge is 0.339 e. The fourth-order valence-electron chi connectivity index (χ4n) is 2.40. The Hall–Kier alpha value is -2.73. The molecule has 0 radical (unpaired) electrons. The van der Waals surface area contributed by atoms with Gasteiger partial charge in [0.05, 0.1) is 6.42 Å². The standard InChI is InChI=1S/C16H12ClN5O/c1-10-19-20-14-6-5-12(9-22(10)14)16-18-15(23-21-16)8-11-3-2-4-13(17)7-11/h2-7,9H,8H2,1H3. The summed E-state index contributed by atoms with van der Waals surface area (Å²) in [5.74, 6) is 1.89. The first-order valence-electron chi connectivity index (χ1n) is 7.08. The van der Waals surface area contributed by atoms with Crippen molar-refractivity contribution >= 4 is 17.2 Å². The van der Waals surface area contributed by atoms with Gasteiger partial charge in [-0.3, -0.25) is 4.40 Å². The van der Waals surface area contributed by atoms with Crippen molar-refractivity contribution in [3.05, 3.63) is 64.9 Å². The van der Waals surface area contributed by atoms with Crippen LogP contribution in [0.3, 0.4) is 0 Å². The van der Waals surface area contributed by atoms with Crippen LogP contribution in [-0.2, 0) is 6.42 Å². The van der Waals surface area contributed by atoms with E-state index in [0.717, 1.165) is 22.6 Å². The van der Waals surface area contributed by atoms with Crippen molar-refractivity contribution in [3.8, 4) is 11.4 Å². The van der Waals surface area contributed by atoms with E-state index in [4.69, 9.17) is 16.1 Å². The van der Waals surface area contributed by atoms with Gasteiger partial charge in [0.15, 0.2) is 5.65 Å². The number of fused-ring (bicyclic) bond motifs is 1. The van der Waals surface area contributed by atoms with E-state index in [-0.39, 0.29) is 0 Å². The van der Waals surface area contributed by atoms with E-state index >= 15 is 0 Å². The van der Waals surface area contributed by atoms with Gasteiger partial charge in [-0.1, -0.05) is 28.9 Å². The van der Waals surface area contributed by atoms with Crippen molar-refractivity contribution in [3.63, 3.8) is 0 Å². The summed E-state index contributed by atoms with van der Waals surface area (Å²) in [6.45, 7) is 1.89. The second-order valence-corrected chi connectivity index (χ2v) is 5.65. The van der Waals surface area contributed by atoms with Gasteiger partial charge in [0.1, 0.15) is 5.82 Å². The summed E-state index contributed by atoms with van der Waals surface area (Å²) in [7, 11) is 0. The third-order valence-electron chi connectivity index (χ3n) is 3.54. The first-order chi connectivity index (χ1) is 11.2. The topological polar surface area (TPSA) is 69.1 Å². The molecule has 0 spiro atoms. The molecule has 4 aromatic rings. The molecular formula is C16H12ClN5O. The maximum atomic E-state index is 5.99. The minimum atomic E-state index is 0.539. The van der Waals surface area contributed by atoms with Crippen LogP contribution in [0, 0.1) is 6.92 Å². The zero-order valence-electron chi connectivity index (χ0n) is 12.3. The van der Waals surface area contributed by atoms with E-state index < -0.39 is 0 Å². The summed E-state index contributed by atoms with van der Waals surface area (Å²) in [6, 6.07) is 11.4. The number of nitrogens with zero attached hydrogens (tertiary/aromatic N) is 5. The van der Waals surface area contributed by atoms with Gasteiger partial charge in [-0.05, 0) is 36.8 Å². The van der Waals surface area contributed by atoms with Gasteiger partial charge >= 0.3 is 0 Å². The van der Waals surface area contributed by atoms with E-state index in [1.165, 1.54) is 0 Å². The minimum absolute atomic E-state index is 0.539. The van der Waals surface area contributed by atoms with Gasteiger partial charge < -0.3 is 4.52 Å². The Kier molecular flexibility index (Phi) is 3.31. The van der Waals surface area contributed by atoms with Gasteiger partial charge in [-0.2, -0.15) is 4.98 Å². The number of halogens is 1. The molecule has 4 rings (SSSR count). The average molecular weight is 326 g/mol. The number of rotatable bonds is 3. The Balaban J connectivity index is 1.64. The normalized spacial score (nSPS) is 11.2. The Bertz CT molecular complexity index is 991. The van der Waals surface area contributed by atoms with E-state index in [1.807, 2.05) is 53.9 Å². The van der Waals surface area contributed by atoms with Crippen LogP contribution in [0.5, 0.6) is 0 Å². The third kappa shape index (κ3) is 2.68. The number of aryl methyl sites for hydroxylation is 1. The predicted molar refractivity (Wildman–Crippen MR) is 85.3 cm³/mol. The molecule has 6 nitrogen and oxygen atoms in total. The van der Waals surface area contributed by atoms with E-state index in [1.54, 1.807) is 0 Å². The van der Waals surface area contributed by atoms with Crippen molar-refractivity contribution in [2.75, 3.05) is 0 Å². The van der Waals surface area contributed by atoms with E-state index in [0.29, 0.717) is 23.2 Å². The van der Waals surface area contributed by atoms with Gasteiger partial charge in [0.25, 0.3) is 0 Å². The summed E-state index contributed by atoms with van der Waals surface area (Å²) >= 11 is 5.99. The molecule has 114 valence electrons. The van der Waals surface area contributed by atoms with Crippen molar-refractivity contribution in [1.29, 1.82) is 0 Å². The summed E-state index contributed by atoms with van der Waals surface area (Å²) in [5, 5.41) is 12.8. The molecule has 0 N–H and O–H groups in total. The molecule has 0 aliphatic heterocycles. The highest BCUT2D eigenvalue weighted by molar-refractivity contribution is 6.30. The van der Waals surface area contributed by atoms with Gasteiger partial charge in [0.2, 0.25) is 11.7 Å². The summed E-state index contributed by atoms with van der Waals surface area (Å²) in [4.78, 5) is 4.45. The number of benzene rings is 1.